The Morgan fingerprint density at radius 2 is 1.79 bits per heavy atom. The van der Waals surface area contributed by atoms with Gasteiger partial charge in [-0.15, -0.1) is 0 Å². The fourth-order valence-electron chi connectivity index (χ4n) is 10.7. The summed E-state index contributed by atoms with van der Waals surface area (Å²) >= 11 is 0. The smallest absolute Gasteiger partial charge is 0.314 e. The van der Waals surface area contributed by atoms with Gasteiger partial charge in [0.1, 0.15) is 0 Å². The largest absolute Gasteiger partial charge is 0.435 e. The van der Waals surface area contributed by atoms with E-state index >= 15 is 0 Å². The zero-order valence-corrected chi connectivity index (χ0v) is 21.6. The molecule has 1 spiro atoms. The molecule has 0 aromatic carbocycles. The Balaban J connectivity index is 1.27. The van der Waals surface area contributed by atoms with Gasteiger partial charge in [0.25, 0.3) is 0 Å². The monoisotopic (exact) mass is 474 g/mol. The molecule has 192 valence electrons. The number of carbonyl (C=O) groups is 1. The van der Waals surface area contributed by atoms with E-state index in [0.717, 1.165) is 51.4 Å². The minimum absolute atomic E-state index is 0.00573. The highest BCUT2D eigenvalue weighted by Crippen LogP contribution is 2.72. The van der Waals surface area contributed by atoms with Crippen molar-refractivity contribution in [1.82, 2.24) is 0 Å². The van der Waals surface area contributed by atoms with Crippen LogP contribution in [0.3, 0.4) is 0 Å². The van der Waals surface area contributed by atoms with E-state index in [1.54, 1.807) is 0 Å². The van der Waals surface area contributed by atoms with Crippen LogP contribution < -0.4 is 0 Å². The first-order valence-electron chi connectivity index (χ1n) is 14.4. The van der Waals surface area contributed by atoms with E-state index in [-0.39, 0.29) is 35.1 Å². The van der Waals surface area contributed by atoms with E-state index in [0.29, 0.717) is 41.4 Å². The predicted octanol–water partition coefficient (Wildman–Crippen LogP) is 4.93. The van der Waals surface area contributed by atoms with Crippen molar-refractivity contribution >= 4 is 5.97 Å². The first-order valence-corrected chi connectivity index (χ1v) is 14.4. The molecule has 3 aliphatic heterocycles. The first-order chi connectivity index (χ1) is 16.2. The van der Waals surface area contributed by atoms with E-state index in [1.807, 2.05) is 0 Å². The maximum Gasteiger partial charge on any atom is 0.314 e. The lowest BCUT2D eigenvalue weighted by Gasteiger charge is -2.65. The molecule has 3 unspecified atom stereocenters. The minimum atomic E-state index is -0.588. The number of aliphatic hydroxyl groups excluding tert-OH is 2. The normalized spacial score (nSPS) is 54.6. The van der Waals surface area contributed by atoms with Crippen LogP contribution in [0.25, 0.3) is 0 Å². The zero-order valence-electron chi connectivity index (χ0n) is 21.6. The second-order valence-electron chi connectivity index (χ2n) is 13.7. The Kier molecular flexibility index (Phi) is 5.71. The Morgan fingerprint density at radius 3 is 2.53 bits per heavy atom. The lowest BCUT2D eigenvalue weighted by Crippen LogP contribution is -2.67. The van der Waals surface area contributed by atoms with Crippen molar-refractivity contribution in [3.05, 3.63) is 0 Å². The van der Waals surface area contributed by atoms with Crippen LogP contribution in [0.2, 0.25) is 0 Å². The average Bonchev–Trinajstić information content (AvgIpc) is 3.20. The van der Waals surface area contributed by atoms with Crippen molar-refractivity contribution in [3.63, 3.8) is 0 Å². The number of carbonyl (C=O) groups excluding carboxylic acids is 1. The van der Waals surface area contributed by atoms with Crippen molar-refractivity contribution in [1.29, 1.82) is 0 Å². The lowest BCUT2D eigenvalue weighted by atomic mass is 9.43. The van der Waals surface area contributed by atoms with Gasteiger partial charge in [0.05, 0.1) is 24.2 Å². The molecular formula is C29H46O5. The summed E-state index contributed by atoms with van der Waals surface area (Å²) in [6.45, 7) is 9.25. The maximum absolute atomic E-state index is 13.2. The summed E-state index contributed by atoms with van der Waals surface area (Å²) in [6.07, 6.45) is 9.05. The third kappa shape index (κ3) is 3.11. The highest BCUT2D eigenvalue weighted by molar-refractivity contribution is 5.76. The van der Waals surface area contributed by atoms with Crippen molar-refractivity contribution in [2.24, 2.45) is 58.2 Å². The van der Waals surface area contributed by atoms with Crippen LogP contribution in [0.5, 0.6) is 0 Å². The summed E-state index contributed by atoms with van der Waals surface area (Å²) in [5.41, 5.74) is 0.117. The fourth-order valence-corrected chi connectivity index (χ4v) is 10.7. The fraction of sp³-hybridized carbons (Fsp3) is 0.966. The molecule has 13 atom stereocenters. The van der Waals surface area contributed by atoms with Gasteiger partial charge in [-0.25, -0.2) is 0 Å². The summed E-state index contributed by atoms with van der Waals surface area (Å²) in [6, 6.07) is 0. The summed E-state index contributed by atoms with van der Waals surface area (Å²) in [4.78, 5) is 13.2. The molecule has 4 saturated carbocycles. The second-order valence-corrected chi connectivity index (χ2v) is 13.7. The molecule has 3 saturated heterocycles. The third-order valence-corrected chi connectivity index (χ3v) is 12.4. The molecule has 5 heteroatoms. The zero-order chi connectivity index (χ0) is 24.0. The summed E-state index contributed by atoms with van der Waals surface area (Å²) in [5, 5.41) is 20.9. The second kappa shape index (κ2) is 8.18. The van der Waals surface area contributed by atoms with Gasteiger partial charge in [0.15, 0.2) is 0 Å². The molecule has 7 aliphatic rings. The van der Waals surface area contributed by atoms with Crippen LogP contribution >= 0.6 is 0 Å². The molecule has 34 heavy (non-hydrogen) atoms. The minimum Gasteiger partial charge on any atom is -0.435 e. The van der Waals surface area contributed by atoms with Gasteiger partial charge in [0, 0.05) is 5.41 Å². The SMILES string of the molecule is CCC(C[C@H]1OC2OC(=O)C1[C@H]1CC[C@H]3[C@@H]4CC[C@H]5C[C@@H](O)[C@@H](O)C[C@]5(C)[C@H]4CC[C@]213)C(C)C. The molecule has 2 N–H and O–H groups in total. The summed E-state index contributed by atoms with van der Waals surface area (Å²) in [7, 11) is 0. The molecule has 7 rings (SSSR count). The van der Waals surface area contributed by atoms with Crippen molar-refractivity contribution in [3.8, 4) is 0 Å². The van der Waals surface area contributed by atoms with E-state index in [1.165, 1.54) is 12.8 Å². The Hall–Kier alpha value is -0.650. The van der Waals surface area contributed by atoms with Crippen molar-refractivity contribution < 1.29 is 24.5 Å². The summed E-state index contributed by atoms with van der Waals surface area (Å²) < 4.78 is 12.8. The van der Waals surface area contributed by atoms with E-state index in [2.05, 4.69) is 27.7 Å². The van der Waals surface area contributed by atoms with Crippen LogP contribution in [-0.4, -0.2) is 40.8 Å². The van der Waals surface area contributed by atoms with E-state index in [9.17, 15) is 15.0 Å². The van der Waals surface area contributed by atoms with Crippen molar-refractivity contribution in [2.75, 3.05) is 0 Å². The average molecular weight is 475 g/mol. The molecule has 0 radical (unpaired) electrons. The Morgan fingerprint density at radius 1 is 1.03 bits per heavy atom. The number of aliphatic hydroxyl groups is 2. The molecule has 2 bridgehead atoms. The number of rotatable bonds is 4. The lowest BCUT2D eigenvalue weighted by molar-refractivity contribution is -0.339. The van der Waals surface area contributed by atoms with Crippen LogP contribution in [0.15, 0.2) is 0 Å². The van der Waals surface area contributed by atoms with E-state index in [4.69, 9.17) is 9.47 Å². The highest BCUT2D eigenvalue weighted by atomic mass is 16.7. The van der Waals surface area contributed by atoms with Gasteiger partial charge in [-0.1, -0.05) is 34.1 Å². The van der Waals surface area contributed by atoms with Crippen LogP contribution in [0.4, 0.5) is 0 Å². The molecule has 4 aliphatic carbocycles. The molecule has 0 aromatic rings. The molecule has 0 aromatic heterocycles. The van der Waals surface area contributed by atoms with Crippen LogP contribution in [0, 0.1) is 58.2 Å². The number of fused-ring (bicyclic) bond motifs is 6. The molecule has 7 fully saturated rings. The molecule has 3 heterocycles. The Bertz CT molecular complexity index is 812. The number of esters is 1. The number of ether oxygens (including phenoxy) is 2. The number of hydrogen-bond donors (Lipinski definition) is 2. The summed E-state index contributed by atoms with van der Waals surface area (Å²) in [5.74, 6) is 3.83. The Labute approximate surface area is 205 Å². The van der Waals surface area contributed by atoms with Gasteiger partial charge in [-0.05, 0) is 105 Å². The van der Waals surface area contributed by atoms with Crippen LogP contribution in [-0.2, 0) is 14.3 Å². The van der Waals surface area contributed by atoms with Gasteiger partial charge in [-0.3, -0.25) is 4.79 Å². The predicted molar refractivity (Wildman–Crippen MR) is 128 cm³/mol. The quantitative estimate of drug-likeness (QED) is 0.565. The standard InChI is InChI=1S/C29H46O5/c1-5-16(15(2)3)12-24-25-21-9-8-20-18-7-6-17-13-22(30)23(31)14-28(17,4)19(18)10-11-29(20,21)27(33-24)34-26(25)32/h15-25,27,30-31H,5-14H2,1-4H3/t16?,17-,18+,19-,20-,21+,22+,23-,24+,25?,27?,28-,29+/m0/s1. The van der Waals surface area contributed by atoms with E-state index < -0.39 is 12.2 Å². The van der Waals surface area contributed by atoms with Gasteiger partial charge in [-0.2, -0.15) is 0 Å². The first kappa shape index (κ1) is 23.7. The van der Waals surface area contributed by atoms with Crippen LogP contribution in [0.1, 0.15) is 91.9 Å². The van der Waals surface area contributed by atoms with Gasteiger partial charge < -0.3 is 19.7 Å². The van der Waals surface area contributed by atoms with Gasteiger partial charge in [0.2, 0.25) is 6.29 Å². The van der Waals surface area contributed by atoms with Crippen molar-refractivity contribution in [2.45, 2.75) is 117 Å². The molecule has 5 nitrogen and oxygen atoms in total. The third-order valence-electron chi connectivity index (χ3n) is 12.4. The molecule has 0 amide bonds. The van der Waals surface area contributed by atoms with Gasteiger partial charge >= 0.3 is 5.97 Å². The number of hydrogen-bond acceptors (Lipinski definition) is 5. The topological polar surface area (TPSA) is 76.0 Å². The molecular weight excluding hydrogens is 428 g/mol. The maximum atomic E-state index is 13.2. The highest BCUT2D eigenvalue weighted by Gasteiger charge is 2.72.